The molecular weight excluding hydrogens is 347 g/mol. The molecule has 0 aliphatic heterocycles. The summed E-state index contributed by atoms with van der Waals surface area (Å²) in [7, 11) is 1.70. The molecule has 2 aromatic heterocycles. The largest absolute Gasteiger partial charge is 0.385 e. The van der Waals surface area contributed by atoms with E-state index in [4.69, 9.17) is 4.74 Å². The number of benzene rings is 1. The van der Waals surface area contributed by atoms with Crippen molar-refractivity contribution in [2.24, 2.45) is 0 Å². The van der Waals surface area contributed by atoms with Crippen LogP contribution in [-0.4, -0.2) is 33.5 Å². The second-order valence-corrected chi connectivity index (χ2v) is 6.89. The maximum atomic E-state index is 13.0. The van der Waals surface area contributed by atoms with Gasteiger partial charge in [0.05, 0.1) is 5.69 Å². The van der Waals surface area contributed by atoms with Crippen molar-refractivity contribution in [2.45, 2.75) is 23.9 Å². The number of rotatable bonds is 8. The Morgan fingerprint density at radius 1 is 1.29 bits per heavy atom. The van der Waals surface area contributed by atoms with Crippen molar-refractivity contribution in [1.29, 1.82) is 0 Å². The third-order valence-electron chi connectivity index (χ3n) is 3.32. The van der Waals surface area contributed by atoms with E-state index in [1.807, 2.05) is 9.95 Å². The third-order valence-corrected chi connectivity index (χ3v) is 5.27. The van der Waals surface area contributed by atoms with Crippen LogP contribution in [0.4, 0.5) is 4.39 Å². The highest BCUT2D eigenvalue weighted by Crippen LogP contribution is 2.27. The molecule has 0 N–H and O–H groups in total. The van der Waals surface area contributed by atoms with E-state index in [0.29, 0.717) is 0 Å². The number of hydrogen-bond donors (Lipinski definition) is 0. The maximum absolute atomic E-state index is 13.0. The quantitative estimate of drug-likeness (QED) is 0.449. The van der Waals surface area contributed by atoms with Crippen LogP contribution in [0, 0.1) is 5.82 Å². The standard InChI is InChI=1S/C16H17FN4OS2/c1-22-8-2-7-21-11-18-20-16(21)24-10-14-9-23-15(19-14)12-3-5-13(17)6-4-12/h3-6,9,11H,2,7-8,10H2,1H3. The van der Waals surface area contributed by atoms with Crippen LogP contribution >= 0.6 is 23.1 Å². The van der Waals surface area contributed by atoms with E-state index in [-0.39, 0.29) is 5.82 Å². The van der Waals surface area contributed by atoms with Crippen molar-refractivity contribution in [3.8, 4) is 10.6 Å². The molecule has 1 aromatic carbocycles. The molecule has 3 rings (SSSR count). The minimum absolute atomic E-state index is 0.237. The second-order valence-electron chi connectivity index (χ2n) is 5.09. The summed E-state index contributed by atoms with van der Waals surface area (Å²) in [6.45, 7) is 1.55. The Morgan fingerprint density at radius 2 is 2.12 bits per heavy atom. The molecule has 0 atom stereocenters. The number of halogens is 1. The number of ether oxygens (including phenoxy) is 1. The highest BCUT2D eigenvalue weighted by atomic mass is 32.2. The molecule has 0 aliphatic carbocycles. The maximum Gasteiger partial charge on any atom is 0.191 e. The van der Waals surface area contributed by atoms with Crippen LogP contribution in [-0.2, 0) is 17.0 Å². The lowest BCUT2D eigenvalue weighted by Crippen LogP contribution is -2.02. The average molecular weight is 364 g/mol. The summed E-state index contributed by atoms with van der Waals surface area (Å²) in [4.78, 5) is 4.61. The molecule has 3 aromatic rings. The van der Waals surface area contributed by atoms with Crippen molar-refractivity contribution < 1.29 is 9.13 Å². The monoisotopic (exact) mass is 364 g/mol. The van der Waals surface area contributed by atoms with Crippen molar-refractivity contribution in [1.82, 2.24) is 19.7 Å². The van der Waals surface area contributed by atoms with Crippen LogP contribution in [0.15, 0.2) is 41.1 Å². The molecule has 0 spiro atoms. The summed E-state index contributed by atoms with van der Waals surface area (Å²) in [5, 5.41) is 11.9. The Bertz CT molecular complexity index is 772. The number of thioether (sulfide) groups is 1. The van der Waals surface area contributed by atoms with E-state index >= 15 is 0 Å². The lowest BCUT2D eigenvalue weighted by molar-refractivity contribution is 0.189. The molecule has 0 saturated heterocycles. The van der Waals surface area contributed by atoms with Crippen LogP contribution in [0.5, 0.6) is 0 Å². The normalized spacial score (nSPS) is 11.1. The molecule has 0 unspecified atom stereocenters. The zero-order chi connectivity index (χ0) is 16.8. The van der Waals surface area contributed by atoms with Gasteiger partial charge in [-0.25, -0.2) is 9.37 Å². The van der Waals surface area contributed by atoms with E-state index in [0.717, 1.165) is 46.7 Å². The fourth-order valence-electron chi connectivity index (χ4n) is 2.13. The van der Waals surface area contributed by atoms with Crippen molar-refractivity contribution in [3.63, 3.8) is 0 Å². The fraction of sp³-hybridized carbons (Fsp3) is 0.312. The van der Waals surface area contributed by atoms with E-state index < -0.39 is 0 Å². The predicted octanol–water partition coefficient (Wildman–Crippen LogP) is 3.87. The van der Waals surface area contributed by atoms with Gasteiger partial charge in [-0.3, -0.25) is 0 Å². The Balaban J connectivity index is 1.60. The summed E-state index contributed by atoms with van der Waals surface area (Å²) in [6.07, 6.45) is 2.66. The van der Waals surface area contributed by atoms with E-state index in [1.165, 1.54) is 12.1 Å². The number of methoxy groups -OCH3 is 1. The molecule has 0 radical (unpaired) electrons. The SMILES string of the molecule is COCCCn1cnnc1SCc1csc(-c2ccc(F)cc2)n1. The summed E-state index contributed by atoms with van der Waals surface area (Å²) < 4.78 is 20.1. The van der Waals surface area contributed by atoms with Gasteiger partial charge in [-0.2, -0.15) is 0 Å². The van der Waals surface area contributed by atoms with Gasteiger partial charge in [-0.05, 0) is 30.7 Å². The first-order chi connectivity index (χ1) is 11.8. The van der Waals surface area contributed by atoms with Crippen LogP contribution in [0.2, 0.25) is 0 Å². The number of nitrogens with zero attached hydrogens (tertiary/aromatic N) is 4. The fourth-order valence-corrected chi connectivity index (χ4v) is 3.89. The van der Waals surface area contributed by atoms with Gasteiger partial charge in [0, 0.05) is 37.0 Å². The highest BCUT2D eigenvalue weighted by Gasteiger charge is 2.09. The molecule has 8 heteroatoms. The van der Waals surface area contributed by atoms with Gasteiger partial charge in [0.15, 0.2) is 5.16 Å². The lowest BCUT2D eigenvalue weighted by atomic mass is 10.2. The molecule has 5 nitrogen and oxygen atoms in total. The van der Waals surface area contributed by atoms with Crippen LogP contribution < -0.4 is 0 Å². The molecular formula is C16H17FN4OS2. The first kappa shape index (κ1) is 17.1. The van der Waals surface area contributed by atoms with Gasteiger partial charge in [0.2, 0.25) is 0 Å². The zero-order valence-corrected chi connectivity index (χ0v) is 14.8. The van der Waals surface area contributed by atoms with E-state index in [1.54, 1.807) is 48.7 Å². The Hall–Kier alpha value is -1.77. The van der Waals surface area contributed by atoms with Gasteiger partial charge in [-0.15, -0.1) is 21.5 Å². The van der Waals surface area contributed by atoms with Crippen molar-refractivity contribution in [2.75, 3.05) is 13.7 Å². The first-order valence-corrected chi connectivity index (χ1v) is 9.32. The number of hydrogen-bond acceptors (Lipinski definition) is 6. The first-order valence-electron chi connectivity index (χ1n) is 7.46. The smallest absolute Gasteiger partial charge is 0.191 e. The van der Waals surface area contributed by atoms with Crippen LogP contribution in [0.3, 0.4) is 0 Å². The second kappa shape index (κ2) is 8.36. The topological polar surface area (TPSA) is 52.8 Å². The van der Waals surface area contributed by atoms with Gasteiger partial charge in [0.25, 0.3) is 0 Å². The van der Waals surface area contributed by atoms with Gasteiger partial charge in [0.1, 0.15) is 17.2 Å². The zero-order valence-electron chi connectivity index (χ0n) is 13.2. The lowest BCUT2D eigenvalue weighted by Gasteiger charge is -2.04. The van der Waals surface area contributed by atoms with Crippen molar-refractivity contribution in [3.05, 3.63) is 47.5 Å². The molecule has 0 amide bonds. The predicted molar refractivity (Wildman–Crippen MR) is 93.6 cm³/mol. The molecule has 126 valence electrons. The number of thiazole rings is 1. The summed E-state index contributed by atoms with van der Waals surface area (Å²) in [6, 6.07) is 6.40. The molecule has 0 aliphatic rings. The number of aromatic nitrogens is 4. The molecule has 0 saturated carbocycles. The van der Waals surface area contributed by atoms with Crippen molar-refractivity contribution >= 4 is 23.1 Å². The average Bonchev–Trinajstić information content (AvgIpc) is 3.23. The minimum atomic E-state index is -0.237. The highest BCUT2D eigenvalue weighted by molar-refractivity contribution is 7.98. The van der Waals surface area contributed by atoms with Crippen LogP contribution in [0.1, 0.15) is 12.1 Å². The molecule has 0 fully saturated rings. The Morgan fingerprint density at radius 3 is 2.92 bits per heavy atom. The minimum Gasteiger partial charge on any atom is -0.385 e. The number of aryl methyl sites for hydroxylation is 1. The Labute approximate surface area is 147 Å². The summed E-state index contributed by atoms with van der Waals surface area (Å²) >= 11 is 3.17. The summed E-state index contributed by atoms with van der Waals surface area (Å²) in [5.74, 6) is 0.486. The van der Waals surface area contributed by atoms with E-state index in [2.05, 4.69) is 15.2 Å². The summed E-state index contributed by atoms with van der Waals surface area (Å²) in [5.41, 5.74) is 1.91. The van der Waals surface area contributed by atoms with Gasteiger partial charge in [-0.1, -0.05) is 11.8 Å². The molecule has 2 heterocycles. The molecule has 24 heavy (non-hydrogen) atoms. The molecule has 0 bridgehead atoms. The van der Waals surface area contributed by atoms with Gasteiger partial charge >= 0.3 is 0 Å². The van der Waals surface area contributed by atoms with Gasteiger partial charge < -0.3 is 9.30 Å². The van der Waals surface area contributed by atoms with E-state index in [9.17, 15) is 4.39 Å². The Kier molecular flexibility index (Phi) is 5.95. The van der Waals surface area contributed by atoms with Crippen LogP contribution in [0.25, 0.3) is 10.6 Å². The third kappa shape index (κ3) is 4.40.